The van der Waals surface area contributed by atoms with Gasteiger partial charge in [0.15, 0.2) is 11.6 Å². The van der Waals surface area contributed by atoms with E-state index in [0.29, 0.717) is 12.4 Å². The van der Waals surface area contributed by atoms with Gasteiger partial charge in [-0.1, -0.05) is 30.3 Å². The standard InChI is InChI=1S/C16H16FNO/c17-15-3-1-2-4-16(15)19-11-12-5-6-14-10-18-8-7-13(14)9-12/h1-6,9,18H,7-8,10-11H2. The van der Waals surface area contributed by atoms with Crippen molar-refractivity contribution in [2.24, 2.45) is 0 Å². The van der Waals surface area contributed by atoms with Gasteiger partial charge in [0.05, 0.1) is 0 Å². The van der Waals surface area contributed by atoms with Crippen LogP contribution >= 0.6 is 0 Å². The van der Waals surface area contributed by atoms with Gasteiger partial charge >= 0.3 is 0 Å². The van der Waals surface area contributed by atoms with Gasteiger partial charge in [0.2, 0.25) is 0 Å². The van der Waals surface area contributed by atoms with E-state index in [1.165, 1.54) is 17.2 Å². The second kappa shape index (κ2) is 5.41. The van der Waals surface area contributed by atoms with Crippen molar-refractivity contribution >= 4 is 0 Å². The van der Waals surface area contributed by atoms with Crippen molar-refractivity contribution in [3.8, 4) is 5.75 Å². The number of halogens is 1. The fraction of sp³-hybridized carbons (Fsp3) is 0.250. The molecule has 2 nitrogen and oxygen atoms in total. The Morgan fingerprint density at radius 3 is 2.89 bits per heavy atom. The van der Waals surface area contributed by atoms with Crippen LogP contribution in [0.1, 0.15) is 16.7 Å². The lowest BCUT2D eigenvalue weighted by Gasteiger charge is -2.18. The molecule has 0 saturated carbocycles. The average Bonchev–Trinajstić information content (AvgIpc) is 2.46. The normalized spacial score (nSPS) is 13.9. The predicted octanol–water partition coefficient (Wildman–Crippen LogP) is 3.05. The van der Waals surface area contributed by atoms with E-state index in [1.54, 1.807) is 18.2 Å². The Labute approximate surface area is 112 Å². The quantitative estimate of drug-likeness (QED) is 0.912. The topological polar surface area (TPSA) is 21.3 Å². The average molecular weight is 257 g/mol. The van der Waals surface area contributed by atoms with Gasteiger partial charge in [0.25, 0.3) is 0 Å². The molecule has 1 aliphatic rings. The molecule has 0 unspecified atom stereocenters. The minimum atomic E-state index is -0.315. The second-order valence-electron chi connectivity index (χ2n) is 4.75. The van der Waals surface area contributed by atoms with Gasteiger partial charge in [-0.2, -0.15) is 0 Å². The van der Waals surface area contributed by atoms with E-state index in [9.17, 15) is 4.39 Å². The van der Waals surface area contributed by atoms with E-state index < -0.39 is 0 Å². The predicted molar refractivity (Wildman–Crippen MR) is 72.6 cm³/mol. The summed E-state index contributed by atoms with van der Waals surface area (Å²) in [6, 6.07) is 12.8. The van der Waals surface area contributed by atoms with E-state index in [0.717, 1.165) is 25.1 Å². The van der Waals surface area contributed by atoms with Crippen molar-refractivity contribution < 1.29 is 9.13 Å². The molecule has 0 aromatic heterocycles. The molecule has 0 radical (unpaired) electrons. The van der Waals surface area contributed by atoms with E-state index in [-0.39, 0.29) is 5.82 Å². The molecule has 2 aromatic rings. The first-order chi connectivity index (χ1) is 9.33. The molecule has 0 spiro atoms. The first-order valence-corrected chi connectivity index (χ1v) is 6.51. The summed E-state index contributed by atoms with van der Waals surface area (Å²) in [5.74, 6) is -0.00783. The number of nitrogens with one attached hydrogen (secondary N) is 1. The molecular weight excluding hydrogens is 241 g/mol. The van der Waals surface area contributed by atoms with Crippen molar-refractivity contribution in [3.05, 3.63) is 65.0 Å². The number of fused-ring (bicyclic) bond motifs is 1. The summed E-state index contributed by atoms with van der Waals surface area (Å²) in [5, 5.41) is 3.34. The molecule has 0 aliphatic carbocycles. The Bertz CT molecular complexity index is 583. The van der Waals surface area contributed by atoms with Crippen LogP contribution in [0.25, 0.3) is 0 Å². The van der Waals surface area contributed by atoms with Gasteiger partial charge in [0, 0.05) is 6.54 Å². The second-order valence-corrected chi connectivity index (χ2v) is 4.75. The zero-order valence-corrected chi connectivity index (χ0v) is 10.7. The van der Waals surface area contributed by atoms with Crippen LogP contribution in [0.15, 0.2) is 42.5 Å². The Kier molecular flexibility index (Phi) is 3.47. The highest BCUT2D eigenvalue weighted by atomic mass is 19.1. The molecule has 0 bridgehead atoms. The highest BCUT2D eigenvalue weighted by molar-refractivity contribution is 5.34. The lowest BCUT2D eigenvalue weighted by molar-refractivity contribution is 0.290. The Morgan fingerprint density at radius 1 is 1.11 bits per heavy atom. The molecule has 0 fully saturated rings. The van der Waals surface area contributed by atoms with Crippen molar-refractivity contribution in [2.75, 3.05) is 6.54 Å². The van der Waals surface area contributed by atoms with Crippen LogP contribution < -0.4 is 10.1 Å². The zero-order chi connectivity index (χ0) is 13.1. The zero-order valence-electron chi connectivity index (χ0n) is 10.7. The van der Waals surface area contributed by atoms with Crippen molar-refractivity contribution in [1.29, 1.82) is 0 Å². The molecule has 3 heteroatoms. The van der Waals surface area contributed by atoms with Gasteiger partial charge in [-0.3, -0.25) is 0 Å². The molecule has 0 amide bonds. The third kappa shape index (κ3) is 2.76. The summed E-state index contributed by atoms with van der Waals surface area (Å²) < 4.78 is 19.0. The van der Waals surface area contributed by atoms with Gasteiger partial charge in [0.1, 0.15) is 6.61 Å². The van der Waals surface area contributed by atoms with Gasteiger partial charge in [-0.05, 0) is 41.8 Å². The van der Waals surface area contributed by atoms with E-state index in [4.69, 9.17) is 4.74 Å². The van der Waals surface area contributed by atoms with Crippen LogP contribution in [0.3, 0.4) is 0 Å². The summed E-state index contributed by atoms with van der Waals surface area (Å²) in [7, 11) is 0. The maximum Gasteiger partial charge on any atom is 0.165 e. The number of rotatable bonds is 3. The highest BCUT2D eigenvalue weighted by Crippen LogP contribution is 2.19. The molecular formula is C16H16FNO. The lowest BCUT2D eigenvalue weighted by atomic mass is 9.99. The minimum Gasteiger partial charge on any atom is -0.486 e. The first kappa shape index (κ1) is 12.2. The number of hydrogen-bond donors (Lipinski definition) is 1. The number of hydrogen-bond acceptors (Lipinski definition) is 2. The van der Waals surface area contributed by atoms with Crippen LogP contribution in [0, 0.1) is 5.82 Å². The molecule has 98 valence electrons. The molecule has 1 N–H and O–H groups in total. The molecule has 0 atom stereocenters. The Balaban J connectivity index is 1.72. The SMILES string of the molecule is Fc1ccccc1OCc1ccc2c(c1)CCNC2. The first-order valence-electron chi connectivity index (χ1n) is 6.51. The van der Waals surface area contributed by atoms with Crippen LogP contribution in [-0.2, 0) is 19.6 Å². The Hall–Kier alpha value is -1.87. The number of para-hydroxylation sites is 1. The van der Waals surface area contributed by atoms with Crippen LogP contribution in [0.5, 0.6) is 5.75 Å². The van der Waals surface area contributed by atoms with Crippen molar-refractivity contribution in [3.63, 3.8) is 0 Å². The lowest BCUT2D eigenvalue weighted by Crippen LogP contribution is -2.23. The summed E-state index contributed by atoms with van der Waals surface area (Å²) >= 11 is 0. The number of benzene rings is 2. The minimum absolute atomic E-state index is 0.307. The summed E-state index contributed by atoms with van der Waals surface area (Å²) in [6.07, 6.45) is 1.04. The molecule has 1 heterocycles. The van der Waals surface area contributed by atoms with E-state index >= 15 is 0 Å². The summed E-state index contributed by atoms with van der Waals surface area (Å²) in [5.41, 5.74) is 3.80. The monoisotopic (exact) mass is 257 g/mol. The third-order valence-electron chi connectivity index (χ3n) is 3.39. The molecule has 3 rings (SSSR count). The molecule has 1 aliphatic heterocycles. The fourth-order valence-corrected chi connectivity index (χ4v) is 2.34. The van der Waals surface area contributed by atoms with Gasteiger partial charge in [-0.15, -0.1) is 0 Å². The Morgan fingerprint density at radius 2 is 2.00 bits per heavy atom. The van der Waals surface area contributed by atoms with E-state index in [2.05, 4.69) is 17.4 Å². The summed E-state index contributed by atoms with van der Waals surface area (Å²) in [4.78, 5) is 0. The van der Waals surface area contributed by atoms with Gasteiger partial charge < -0.3 is 10.1 Å². The highest BCUT2D eigenvalue weighted by Gasteiger charge is 2.09. The maximum absolute atomic E-state index is 13.4. The smallest absolute Gasteiger partial charge is 0.165 e. The van der Waals surface area contributed by atoms with Crippen molar-refractivity contribution in [2.45, 2.75) is 19.6 Å². The van der Waals surface area contributed by atoms with E-state index in [1.807, 2.05) is 6.07 Å². The van der Waals surface area contributed by atoms with Gasteiger partial charge in [-0.25, -0.2) is 4.39 Å². The number of ether oxygens (including phenoxy) is 1. The molecule has 19 heavy (non-hydrogen) atoms. The van der Waals surface area contributed by atoms with Crippen LogP contribution in [-0.4, -0.2) is 6.54 Å². The molecule has 0 saturated heterocycles. The fourth-order valence-electron chi connectivity index (χ4n) is 2.34. The van der Waals surface area contributed by atoms with Crippen LogP contribution in [0.4, 0.5) is 4.39 Å². The van der Waals surface area contributed by atoms with Crippen LogP contribution in [0.2, 0.25) is 0 Å². The summed E-state index contributed by atoms with van der Waals surface area (Å²) in [6.45, 7) is 2.36. The maximum atomic E-state index is 13.4. The largest absolute Gasteiger partial charge is 0.486 e. The third-order valence-corrected chi connectivity index (χ3v) is 3.39. The molecule has 2 aromatic carbocycles. The van der Waals surface area contributed by atoms with Crippen molar-refractivity contribution in [1.82, 2.24) is 5.32 Å².